The summed E-state index contributed by atoms with van der Waals surface area (Å²) in [5, 5.41) is 0. The second-order valence-corrected chi connectivity index (χ2v) is 3.09. The summed E-state index contributed by atoms with van der Waals surface area (Å²) in [5.41, 5.74) is 0. The Bertz CT molecular complexity index is 144. The number of nitrogens with zero attached hydrogens (tertiary/aromatic N) is 1. The molecule has 0 radical (unpaired) electrons. The van der Waals surface area contributed by atoms with E-state index in [4.69, 9.17) is 0 Å². The maximum atomic E-state index is 10.5. The highest BCUT2D eigenvalue weighted by Crippen LogP contribution is 2.13. The zero-order valence-corrected chi connectivity index (χ0v) is 6.83. The van der Waals surface area contributed by atoms with Crippen LogP contribution in [-0.4, -0.2) is 30.8 Å². The third kappa shape index (κ3) is 2.46. The number of rotatable bonds is 3. The Labute approximate surface area is 67.9 Å². The highest BCUT2D eigenvalue weighted by atomic mass is 16.1. The normalized spacial score (nSPS) is 26.4. The maximum absolute atomic E-state index is 10.5. The minimum absolute atomic E-state index is 0.267. The molecular weight excluding hydrogens is 138 g/mol. The van der Waals surface area contributed by atoms with Crippen LogP contribution in [0.3, 0.4) is 0 Å². The van der Waals surface area contributed by atoms with E-state index in [-0.39, 0.29) is 5.92 Å². The number of carbonyl (C=O) groups is 1. The number of hydrogen-bond acceptors (Lipinski definition) is 2. The van der Waals surface area contributed by atoms with E-state index >= 15 is 0 Å². The fraction of sp³-hybridized carbons (Fsp3) is 0.667. The van der Waals surface area contributed by atoms with Crippen molar-refractivity contribution >= 4 is 6.29 Å². The van der Waals surface area contributed by atoms with Gasteiger partial charge in [0.25, 0.3) is 0 Å². The lowest BCUT2D eigenvalue weighted by Crippen LogP contribution is -2.35. The van der Waals surface area contributed by atoms with Crippen molar-refractivity contribution < 1.29 is 4.79 Å². The van der Waals surface area contributed by atoms with Crippen LogP contribution < -0.4 is 0 Å². The molecule has 0 aromatic carbocycles. The zero-order valence-electron chi connectivity index (χ0n) is 6.83. The summed E-state index contributed by atoms with van der Waals surface area (Å²) >= 11 is 0. The van der Waals surface area contributed by atoms with E-state index in [9.17, 15) is 4.79 Å². The standard InChI is InChI=1S/C9H15NO/c1-2-5-10-6-3-4-9(7-10)8-11/h2,8-9H,1,3-7H2. The van der Waals surface area contributed by atoms with Crippen LogP contribution in [0.4, 0.5) is 0 Å². The first-order valence-corrected chi connectivity index (χ1v) is 4.15. The Balaban J connectivity index is 2.32. The van der Waals surface area contributed by atoms with Crippen LogP contribution in [0, 0.1) is 5.92 Å². The van der Waals surface area contributed by atoms with Gasteiger partial charge in [0, 0.05) is 19.0 Å². The van der Waals surface area contributed by atoms with Gasteiger partial charge in [-0.25, -0.2) is 0 Å². The molecule has 0 saturated carbocycles. The molecule has 1 aliphatic heterocycles. The minimum Gasteiger partial charge on any atom is -0.303 e. The Morgan fingerprint density at radius 2 is 2.45 bits per heavy atom. The first kappa shape index (κ1) is 8.47. The Morgan fingerprint density at radius 3 is 3.09 bits per heavy atom. The predicted octanol–water partition coefficient (Wildman–Crippen LogP) is 1.08. The molecule has 0 aromatic rings. The van der Waals surface area contributed by atoms with Crippen LogP contribution in [0.25, 0.3) is 0 Å². The SMILES string of the molecule is C=CCN1CCCC(C=O)C1. The molecule has 2 nitrogen and oxygen atoms in total. The number of aldehydes is 1. The molecule has 11 heavy (non-hydrogen) atoms. The summed E-state index contributed by atoms with van der Waals surface area (Å²) < 4.78 is 0. The van der Waals surface area contributed by atoms with Gasteiger partial charge in [0.1, 0.15) is 6.29 Å². The number of piperidine rings is 1. The summed E-state index contributed by atoms with van der Waals surface area (Å²) in [7, 11) is 0. The Morgan fingerprint density at radius 1 is 1.64 bits per heavy atom. The summed E-state index contributed by atoms with van der Waals surface area (Å²) in [6.07, 6.45) is 5.19. The van der Waals surface area contributed by atoms with Crippen LogP contribution in [0.15, 0.2) is 12.7 Å². The van der Waals surface area contributed by atoms with Crippen LogP contribution in [0.1, 0.15) is 12.8 Å². The van der Waals surface area contributed by atoms with Crippen molar-refractivity contribution in [1.29, 1.82) is 0 Å². The molecule has 0 spiro atoms. The van der Waals surface area contributed by atoms with Gasteiger partial charge in [0.05, 0.1) is 0 Å². The summed E-state index contributed by atoms with van der Waals surface area (Å²) in [5.74, 6) is 0.267. The Kier molecular flexibility index (Phi) is 3.30. The van der Waals surface area contributed by atoms with Gasteiger partial charge >= 0.3 is 0 Å². The van der Waals surface area contributed by atoms with E-state index in [0.717, 1.165) is 38.8 Å². The molecule has 1 fully saturated rings. The van der Waals surface area contributed by atoms with E-state index in [0.29, 0.717) is 0 Å². The van der Waals surface area contributed by atoms with E-state index in [1.165, 1.54) is 0 Å². The van der Waals surface area contributed by atoms with Crippen LogP contribution in [0.5, 0.6) is 0 Å². The third-order valence-electron chi connectivity index (χ3n) is 2.12. The lowest BCUT2D eigenvalue weighted by atomic mass is 10.00. The average Bonchev–Trinajstić information content (AvgIpc) is 2.06. The van der Waals surface area contributed by atoms with Crippen molar-refractivity contribution in [3.63, 3.8) is 0 Å². The Hall–Kier alpha value is -0.630. The molecule has 1 aliphatic rings. The zero-order chi connectivity index (χ0) is 8.10. The summed E-state index contributed by atoms with van der Waals surface area (Å²) in [4.78, 5) is 12.7. The van der Waals surface area contributed by atoms with Crippen molar-refractivity contribution in [3.05, 3.63) is 12.7 Å². The van der Waals surface area contributed by atoms with Crippen LogP contribution in [0.2, 0.25) is 0 Å². The molecular formula is C9H15NO. The van der Waals surface area contributed by atoms with Crippen LogP contribution in [-0.2, 0) is 4.79 Å². The number of likely N-dealkylation sites (tertiary alicyclic amines) is 1. The van der Waals surface area contributed by atoms with Crippen molar-refractivity contribution in [1.82, 2.24) is 4.90 Å². The van der Waals surface area contributed by atoms with Gasteiger partial charge < -0.3 is 4.79 Å². The first-order valence-electron chi connectivity index (χ1n) is 4.15. The van der Waals surface area contributed by atoms with E-state index in [2.05, 4.69) is 11.5 Å². The van der Waals surface area contributed by atoms with E-state index in [1.54, 1.807) is 0 Å². The molecule has 1 atom stereocenters. The highest BCUT2D eigenvalue weighted by Gasteiger charge is 2.17. The largest absolute Gasteiger partial charge is 0.303 e. The molecule has 0 N–H and O–H groups in total. The fourth-order valence-corrected chi connectivity index (χ4v) is 1.55. The maximum Gasteiger partial charge on any atom is 0.124 e. The van der Waals surface area contributed by atoms with E-state index < -0.39 is 0 Å². The topological polar surface area (TPSA) is 20.3 Å². The summed E-state index contributed by atoms with van der Waals surface area (Å²) in [6.45, 7) is 6.64. The van der Waals surface area contributed by atoms with Gasteiger partial charge in [-0.2, -0.15) is 0 Å². The molecule has 1 heterocycles. The van der Waals surface area contributed by atoms with Gasteiger partial charge in [-0.1, -0.05) is 6.08 Å². The highest BCUT2D eigenvalue weighted by molar-refractivity contribution is 5.53. The summed E-state index contributed by atoms with van der Waals surface area (Å²) in [6, 6.07) is 0. The lowest BCUT2D eigenvalue weighted by molar-refractivity contribution is -0.112. The first-order chi connectivity index (χ1) is 5.36. The van der Waals surface area contributed by atoms with Gasteiger partial charge in [0.15, 0.2) is 0 Å². The molecule has 1 unspecified atom stereocenters. The van der Waals surface area contributed by atoms with Crippen molar-refractivity contribution in [3.8, 4) is 0 Å². The number of hydrogen-bond donors (Lipinski definition) is 0. The molecule has 0 amide bonds. The predicted molar refractivity (Wildman–Crippen MR) is 45.4 cm³/mol. The second-order valence-electron chi connectivity index (χ2n) is 3.09. The van der Waals surface area contributed by atoms with Gasteiger partial charge in [-0.3, -0.25) is 4.90 Å². The minimum atomic E-state index is 0.267. The van der Waals surface area contributed by atoms with Crippen LogP contribution >= 0.6 is 0 Å². The second kappa shape index (κ2) is 4.29. The molecule has 0 aliphatic carbocycles. The van der Waals surface area contributed by atoms with Gasteiger partial charge in [0.2, 0.25) is 0 Å². The number of carbonyl (C=O) groups excluding carboxylic acids is 1. The van der Waals surface area contributed by atoms with Gasteiger partial charge in [-0.15, -0.1) is 6.58 Å². The quantitative estimate of drug-likeness (QED) is 0.447. The molecule has 1 rings (SSSR count). The monoisotopic (exact) mass is 153 g/mol. The molecule has 2 heteroatoms. The molecule has 1 saturated heterocycles. The van der Waals surface area contributed by atoms with Crippen molar-refractivity contribution in [2.24, 2.45) is 5.92 Å². The van der Waals surface area contributed by atoms with Crippen molar-refractivity contribution in [2.45, 2.75) is 12.8 Å². The third-order valence-corrected chi connectivity index (χ3v) is 2.12. The molecule has 0 bridgehead atoms. The average molecular weight is 153 g/mol. The van der Waals surface area contributed by atoms with Gasteiger partial charge in [-0.05, 0) is 19.4 Å². The fourth-order valence-electron chi connectivity index (χ4n) is 1.55. The molecule has 0 aromatic heterocycles. The lowest BCUT2D eigenvalue weighted by Gasteiger charge is -2.28. The van der Waals surface area contributed by atoms with Crippen molar-refractivity contribution in [2.75, 3.05) is 19.6 Å². The smallest absolute Gasteiger partial charge is 0.124 e. The molecule has 62 valence electrons. The van der Waals surface area contributed by atoms with E-state index in [1.807, 2.05) is 6.08 Å².